The van der Waals surface area contributed by atoms with E-state index < -0.39 is 0 Å². The number of nitrogens with zero attached hydrogens (tertiary/aromatic N) is 2. The first-order valence-electron chi connectivity index (χ1n) is 8.21. The third kappa shape index (κ3) is 6.93. The molecule has 25 heavy (non-hydrogen) atoms. The van der Waals surface area contributed by atoms with Gasteiger partial charge in [0, 0.05) is 13.6 Å². The van der Waals surface area contributed by atoms with E-state index in [1.165, 1.54) is 5.56 Å². The first kappa shape index (κ1) is 21.3. The fourth-order valence-electron chi connectivity index (χ4n) is 2.28. The smallest absolute Gasteiger partial charge is 0.214 e. The lowest BCUT2D eigenvalue weighted by Gasteiger charge is -2.11. The maximum atomic E-state index is 5.55. The van der Waals surface area contributed by atoms with Gasteiger partial charge < -0.3 is 19.8 Å². The van der Waals surface area contributed by atoms with Gasteiger partial charge in [-0.15, -0.1) is 24.0 Å². The highest BCUT2D eigenvalue weighted by Gasteiger charge is 2.06. The highest BCUT2D eigenvalue weighted by molar-refractivity contribution is 14.0. The van der Waals surface area contributed by atoms with Gasteiger partial charge in [-0.3, -0.25) is 4.99 Å². The Morgan fingerprint density at radius 1 is 1.28 bits per heavy atom. The van der Waals surface area contributed by atoms with E-state index in [9.17, 15) is 0 Å². The van der Waals surface area contributed by atoms with Crippen LogP contribution in [0.5, 0.6) is 5.75 Å². The Morgan fingerprint density at radius 2 is 2.08 bits per heavy atom. The number of halogens is 1. The second kappa shape index (κ2) is 11.0. The molecule has 6 nitrogen and oxygen atoms in total. The highest BCUT2D eigenvalue weighted by atomic mass is 127. The lowest BCUT2D eigenvalue weighted by Crippen LogP contribution is -2.37. The summed E-state index contributed by atoms with van der Waals surface area (Å²) in [5.41, 5.74) is 2.15. The van der Waals surface area contributed by atoms with Crippen molar-refractivity contribution in [2.24, 2.45) is 4.99 Å². The summed E-state index contributed by atoms with van der Waals surface area (Å²) in [6.45, 7) is 7.80. The molecule has 0 aliphatic heterocycles. The molecule has 2 aromatic rings. The number of benzene rings is 1. The molecule has 1 heterocycles. The summed E-state index contributed by atoms with van der Waals surface area (Å²) in [5.74, 6) is 3.15. The van der Waals surface area contributed by atoms with E-state index in [0.717, 1.165) is 36.1 Å². The van der Waals surface area contributed by atoms with Crippen LogP contribution in [0.15, 0.2) is 33.7 Å². The van der Waals surface area contributed by atoms with Crippen LogP contribution in [0.2, 0.25) is 0 Å². The number of guanidine groups is 1. The molecule has 0 saturated carbocycles. The number of hydrogen-bond acceptors (Lipinski definition) is 4. The van der Waals surface area contributed by atoms with Gasteiger partial charge in [-0.1, -0.05) is 12.1 Å². The predicted octanol–water partition coefficient (Wildman–Crippen LogP) is 3.22. The van der Waals surface area contributed by atoms with Gasteiger partial charge in [-0.05, 0) is 44.9 Å². The molecule has 0 radical (unpaired) electrons. The van der Waals surface area contributed by atoms with Gasteiger partial charge in [0.05, 0.1) is 18.8 Å². The zero-order valence-electron chi connectivity index (χ0n) is 15.3. The van der Waals surface area contributed by atoms with Crippen LogP contribution < -0.4 is 15.4 Å². The number of hydrogen-bond donors (Lipinski definition) is 2. The second-order valence-electron chi connectivity index (χ2n) is 5.43. The number of aromatic nitrogens is 1. The van der Waals surface area contributed by atoms with E-state index in [0.29, 0.717) is 19.0 Å². The van der Waals surface area contributed by atoms with E-state index in [4.69, 9.17) is 9.15 Å². The van der Waals surface area contributed by atoms with Gasteiger partial charge in [-0.25, -0.2) is 4.98 Å². The highest BCUT2D eigenvalue weighted by Crippen LogP contribution is 2.13. The van der Waals surface area contributed by atoms with E-state index in [1.54, 1.807) is 7.05 Å². The van der Waals surface area contributed by atoms with Crippen LogP contribution >= 0.6 is 24.0 Å². The molecular weight excluding hydrogens is 431 g/mol. The Balaban J connectivity index is 0.00000312. The lowest BCUT2D eigenvalue weighted by molar-refractivity contribution is 0.340. The molecule has 0 amide bonds. The quantitative estimate of drug-likeness (QED) is 0.379. The van der Waals surface area contributed by atoms with Gasteiger partial charge in [0.25, 0.3) is 0 Å². The van der Waals surface area contributed by atoms with Crippen molar-refractivity contribution in [1.82, 2.24) is 15.6 Å². The molecular formula is C18H27IN4O2. The SMILES string of the molecule is CCOc1cccc(CCNC(=NC)NCc2nc(C)c(C)o2)c1.I. The summed E-state index contributed by atoms with van der Waals surface area (Å²) >= 11 is 0. The Labute approximate surface area is 166 Å². The normalized spacial score (nSPS) is 11.0. The summed E-state index contributed by atoms with van der Waals surface area (Å²) in [6.07, 6.45) is 0.888. The number of nitrogens with one attached hydrogen (secondary N) is 2. The zero-order chi connectivity index (χ0) is 17.4. The van der Waals surface area contributed by atoms with Crippen LogP contribution in [0.1, 0.15) is 29.8 Å². The molecule has 0 unspecified atom stereocenters. The van der Waals surface area contributed by atoms with Crippen LogP contribution in [0, 0.1) is 13.8 Å². The number of aryl methyl sites for hydroxylation is 2. The number of aliphatic imine (C=N–C) groups is 1. The first-order valence-corrected chi connectivity index (χ1v) is 8.21. The molecule has 138 valence electrons. The Morgan fingerprint density at radius 3 is 2.72 bits per heavy atom. The minimum absolute atomic E-state index is 0. The largest absolute Gasteiger partial charge is 0.494 e. The third-order valence-electron chi connectivity index (χ3n) is 3.62. The molecule has 1 aromatic carbocycles. The molecule has 0 saturated heterocycles. The average molecular weight is 458 g/mol. The van der Waals surface area contributed by atoms with Crippen LogP contribution in [0.25, 0.3) is 0 Å². The van der Waals surface area contributed by atoms with Crippen molar-refractivity contribution in [2.75, 3.05) is 20.2 Å². The van der Waals surface area contributed by atoms with E-state index in [-0.39, 0.29) is 24.0 Å². The molecule has 2 rings (SSSR count). The summed E-state index contributed by atoms with van der Waals surface area (Å²) in [4.78, 5) is 8.56. The van der Waals surface area contributed by atoms with Gasteiger partial charge in [0.2, 0.25) is 5.89 Å². The number of oxazole rings is 1. The van der Waals surface area contributed by atoms with Gasteiger partial charge >= 0.3 is 0 Å². The van der Waals surface area contributed by atoms with Crippen molar-refractivity contribution in [3.63, 3.8) is 0 Å². The molecule has 0 atom stereocenters. The summed E-state index contributed by atoms with van der Waals surface area (Å²) in [5, 5.41) is 6.49. The van der Waals surface area contributed by atoms with Crippen molar-refractivity contribution in [3.8, 4) is 5.75 Å². The number of rotatable bonds is 7. The van der Waals surface area contributed by atoms with Gasteiger partial charge in [-0.2, -0.15) is 0 Å². The van der Waals surface area contributed by atoms with Crippen molar-refractivity contribution < 1.29 is 9.15 Å². The van der Waals surface area contributed by atoms with Gasteiger partial charge in [0.15, 0.2) is 5.96 Å². The average Bonchev–Trinajstić information content (AvgIpc) is 2.89. The second-order valence-corrected chi connectivity index (χ2v) is 5.43. The lowest BCUT2D eigenvalue weighted by atomic mass is 10.1. The molecule has 7 heteroatoms. The zero-order valence-corrected chi connectivity index (χ0v) is 17.6. The van der Waals surface area contributed by atoms with Crippen molar-refractivity contribution in [2.45, 2.75) is 33.7 Å². The third-order valence-corrected chi connectivity index (χ3v) is 3.62. The fourth-order valence-corrected chi connectivity index (χ4v) is 2.28. The first-order chi connectivity index (χ1) is 11.6. The molecule has 0 aliphatic carbocycles. The maximum absolute atomic E-state index is 5.55. The van der Waals surface area contributed by atoms with E-state index in [2.05, 4.69) is 32.7 Å². The van der Waals surface area contributed by atoms with Crippen LogP contribution in [0.4, 0.5) is 0 Å². The molecule has 1 aromatic heterocycles. The van der Waals surface area contributed by atoms with Crippen LogP contribution in [-0.2, 0) is 13.0 Å². The number of ether oxygens (including phenoxy) is 1. The maximum Gasteiger partial charge on any atom is 0.214 e. The minimum Gasteiger partial charge on any atom is -0.494 e. The van der Waals surface area contributed by atoms with Crippen molar-refractivity contribution in [3.05, 3.63) is 47.2 Å². The fraction of sp³-hybridized carbons (Fsp3) is 0.444. The molecule has 0 fully saturated rings. The topological polar surface area (TPSA) is 71.7 Å². The minimum atomic E-state index is 0. The molecule has 0 bridgehead atoms. The Hall–Kier alpha value is -1.77. The molecule has 2 N–H and O–H groups in total. The monoisotopic (exact) mass is 458 g/mol. The van der Waals surface area contributed by atoms with Crippen LogP contribution in [-0.4, -0.2) is 31.1 Å². The van der Waals surface area contributed by atoms with Crippen molar-refractivity contribution >= 4 is 29.9 Å². The summed E-state index contributed by atoms with van der Waals surface area (Å²) in [7, 11) is 1.75. The van der Waals surface area contributed by atoms with E-state index in [1.807, 2.05) is 32.9 Å². The van der Waals surface area contributed by atoms with Crippen molar-refractivity contribution in [1.29, 1.82) is 0 Å². The Bertz CT molecular complexity index is 666. The van der Waals surface area contributed by atoms with E-state index >= 15 is 0 Å². The summed E-state index contributed by atoms with van der Waals surface area (Å²) in [6, 6.07) is 8.15. The van der Waals surface area contributed by atoms with Crippen LogP contribution in [0.3, 0.4) is 0 Å². The standard InChI is InChI=1S/C18H26N4O2.HI/c1-5-23-16-8-6-7-15(11-16)9-10-20-18(19-4)21-12-17-22-13(2)14(3)24-17;/h6-8,11H,5,9-10,12H2,1-4H3,(H2,19,20,21);1H. The molecule has 0 aliphatic rings. The summed E-state index contributed by atoms with van der Waals surface area (Å²) < 4.78 is 11.1. The Kier molecular flexibility index (Phi) is 9.33. The van der Waals surface area contributed by atoms with Gasteiger partial charge in [0.1, 0.15) is 11.5 Å². The predicted molar refractivity (Wildman–Crippen MR) is 111 cm³/mol. The molecule has 0 spiro atoms.